The second-order valence-corrected chi connectivity index (χ2v) is 8.48. The van der Waals surface area contributed by atoms with Gasteiger partial charge in [-0.05, 0) is 25.8 Å². The van der Waals surface area contributed by atoms with Crippen molar-refractivity contribution in [1.82, 2.24) is 20.6 Å². The van der Waals surface area contributed by atoms with E-state index in [2.05, 4.69) is 63.2 Å². The van der Waals surface area contributed by atoms with E-state index in [9.17, 15) is 0 Å². The van der Waals surface area contributed by atoms with E-state index in [0.717, 1.165) is 35.2 Å². The summed E-state index contributed by atoms with van der Waals surface area (Å²) in [6.45, 7) is 5.48. The van der Waals surface area contributed by atoms with Gasteiger partial charge >= 0.3 is 0 Å². The number of aliphatic imine (C=N–C) groups is 1. The van der Waals surface area contributed by atoms with Gasteiger partial charge in [0.05, 0.1) is 29.5 Å². The molecule has 2 aromatic heterocycles. The van der Waals surface area contributed by atoms with Crippen LogP contribution in [0.3, 0.4) is 0 Å². The Morgan fingerprint density at radius 2 is 1.78 bits per heavy atom. The average Bonchev–Trinajstić information content (AvgIpc) is 3.27. The molecule has 0 aliphatic carbocycles. The number of thiazole rings is 2. The minimum atomic E-state index is 0.664. The first-order valence-electron chi connectivity index (χ1n) is 8.98. The van der Waals surface area contributed by atoms with E-state index in [1.165, 1.54) is 15.4 Å². The van der Waals surface area contributed by atoms with E-state index in [1.54, 1.807) is 29.7 Å². The van der Waals surface area contributed by atoms with Crippen LogP contribution in [0.15, 0.2) is 40.7 Å². The molecular formula is C20H25N5S2. The van der Waals surface area contributed by atoms with E-state index < -0.39 is 0 Å². The van der Waals surface area contributed by atoms with E-state index in [-0.39, 0.29) is 0 Å². The number of aryl methyl sites for hydroxylation is 4. The minimum absolute atomic E-state index is 0.664. The maximum absolute atomic E-state index is 4.73. The van der Waals surface area contributed by atoms with E-state index >= 15 is 0 Å². The third kappa shape index (κ3) is 5.87. The molecule has 3 aromatic rings. The molecule has 0 amide bonds. The lowest BCUT2D eigenvalue weighted by molar-refractivity contribution is 0.789. The highest BCUT2D eigenvalue weighted by molar-refractivity contribution is 7.11. The van der Waals surface area contributed by atoms with Crippen molar-refractivity contribution in [1.29, 1.82) is 0 Å². The van der Waals surface area contributed by atoms with Crippen LogP contribution in [0.1, 0.15) is 31.8 Å². The molecule has 0 aliphatic rings. The number of rotatable bonds is 7. The van der Waals surface area contributed by atoms with Gasteiger partial charge in [0.2, 0.25) is 0 Å². The lowest BCUT2D eigenvalue weighted by Crippen LogP contribution is -2.36. The molecule has 2 heterocycles. The molecule has 0 unspecified atom stereocenters. The van der Waals surface area contributed by atoms with Crippen molar-refractivity contribution in [3.63, 3.8) is 0 Å². The van der Waals surface area contributed by atoms with Crippen molar-refractivity contribution in [2.75, 3.05) is 7.05 Å². The average molecular weight is 400 g/mol. The zero-order chi connectivity index (χ0) is 19.1. The Hall–Kier alpha value is -2.25. The molecule has 0 radical (unpaired) electrons. The molecule has 0 spiro atoms. The SMILES string of the molecule is CN=C(NCc1csc(CCc2ccccc2)n1)NCc1nc(C)c(C)s1. The topological polar surface area (TPSA) is 62.2 Å². The zero-order valence-corrected chi connectivity index (χ0v) is 17.6. The largest absolute Gasteiger partial charge is 0.351 e. The third-order valence-electron chi connectivity index (χ3n) is 4.21. The molecule has 1 aromatic carbocycles. The monoisotopic (exact) mass is 399 g/mol. The van der Waals surface area contributed by atoms with Crippen molar-refractivity contribution >= 4 is 28.6 Å². The van der Waals surface area contributed by atoms with Crippen LogP contribution in [-0.2, 0) is 25.9 Å². The van der Waals surface area contributed by atoms with Gasteiger partial charge in [0.15, 0.2) is 5.96 Å². The summed E-state index contributed by atoms with van der Waals surface area (Å²) in [5.74, 6) is 0.763. The van der Waals surface area contributed by atoms with E-state index in [1.807, 2.05) is 6.92 Å². The normalized spacial score (nSPS) is 11.6. The molecule has 0 aliphatic heterocycles. The summed E-state index contributed by atoms with van der Waals surface area (Å²) in [7, 11) is 1.78. The second-order valence-electron chi connectivity index (χ2n) is 6.25. The van der Waals surface area contributed by atoms with Gasteiger partial charge in [-0.1, -0.05) is 30.3 Å². The van der Waals surface area contributed by atoms with Gasteiger partial charge in [0, 0.05) is 23.7 Å². The van der Waals surface area contributed by atoms with Crippen molar-refractivity contribution in [2.24, 2.45) is 4.99 Å². The fourth-order valence-corrected chi connectivity index (χ4v) is 4.28. The highest BCUT2D eigenvalue weighted by atomic mass is 32.1. The Morgan fingerprint density at radius 3 is 2.48 bits per heavy atom. The number of benzene rings is 1. The molecule has 2 N–H and O–H groups in total. The van der Waals surface area contributed by atoms with Crippen LogP contribution in [0.2, 0.25) is 0 Å². The second kappa shape index (κ2) is 9.62. The first-order chi connectivity index (χ1) is 13.1. The lowest BCUT2D eigenvalue weighted by Gasteiger charge is -2.09. The van der Waals surface area contributed by atoms with Crippen LogP contribution < -0.4 is 10.6 Å². The fourth-order valence-electron chi connectivity index (χ4n) is 2.61. The maximum atomic E-state index is 4.73. The molecule has 142 valence electrons. The molecule has 3 rings (SSSR count). The van der Waals surface area contributed by atoms with Crippen molar-refractivity contribution in [3.05, 3.63) is 67.6 Å². The number of nitrogens with one attached hydrogen (secondary N) is 2. The molecular weight excluding hydrogens is 374 g/mol. The van der Waals surface area contributed by atoms with Gasteiger partial charge < -0.3 is 10.6 Å². The first-order valence-corrected chi connectivity index (χ1v) is 10.7. The number of hydrogen-bond donors (Lipinski definition) is 2. The summed E-state index contributed by atoms with van der Waals surface area (Å²) in [6.07, 6.45) is 2.00. The van der Waals surface area contributed by atoms with Gasteiger partial charge in [-0.2, -0.15) is 0 Å². The van der Waals surface area contributed by atoms with Gasteiger partial charge in [0.25, 0.3) is 0 Å². The van der Waals surface area contributed by atoms with Crippen LogP contribution in [-0.4, -0.2) is 23.0 Å². The Kier molecular flexibility index (Phi) is 6.95. The molecule has 5 nitrogen and oxygen atoms in total. The Labute approximate surface area is 168 Å². The maximum Gasteiger partial charge on any atom is 0.191 e. The van der Waals surface area contributed by atoms with Crippen LogP contribution in [0.25, 0.3) is 0 Å². The van der Waals surface area contributed by atoms with Crippen LogP contribution >= 0.6 is 22.7 Å². The summed E-state index contributed by atoms with van der Waals surface area (Å²) >= 11 is 3.44. The van der Waals surface area contributed by atoms with Gasteiger partial charge in [-0.3, -0.25) is 4.99 Å². The number of hydrogen-bond acceptors (Lipinski definition) is 5. The van der Waals surface area contributed by atoms with Crippen molar-refractivity contribution < 1.29 is 0 Å². The van der Waals surface area contributed by atoms with Gasteiger partial charge in [-0.25, -0.2) is 9.97 Å². The van der Waals surface area contributed by atoms with Crippen molar-refractivity contribution in [3.8, 4) is 0 Å². The Morgan fingerprint density at radius 1 is 1.00 bits per heavy atom. The van der Waals surface area contributed by atoms with E-state index in [4.69, 9.17) is 4.98 Å². The molecule has 0 bridgehead atoms. The number of guanidine groups is 1. The number of nitrogens with zero attached hydrogens (tertiary/aromatic N) is 3. The summed E-state index contributed by atoms with van der Waals surface area (Å²) in [5, 5.41) is 11.0. The molecule has 0 fully saturated rings. The smallest absolute Gasteiger partial charge is 0.191 e. The Balaban J connectivity index is 1.45. The highest BCUT2D eigenvalue weighted by Crippen LogP contribution is 2.16. The lowest BCUT2D eigenvalue weighted by atomic mass is 10.1. The molecule has 0 saturated carbocycles. The summed E-state index contributed by atoms with van der Waals surface area (Å²) < 4.78 is 0. The predicted molar refractivity (Wildman–Crippen MR) is 115 cm³/mol. The molecule has 0 saturated heterocycles. The fraction of sp³-hybridized carbons (Fsp3) is 0.350. The summed E-state index contributed by atoms with van der Waals surface area (Å²) in [6, 6.07) is 10.5. The van der Waals surface area contributed by atoms with E-state index in [0.29, 0.717) is 13.1 Å². The molecule has 7 heteroatoms. The molecule has 27 heavy (non-hydrogen) atoms. The van der Waals surface area contributed by atoms with Gasteiger partial charge in [0.1, 0.15) is 5.01 Å². The van der Waals surface area contributed by atoms with Crippen LogP contribution in [0.5, 0.6) is 0 Å². The van der Waals surface area contributed by atoms with Crippen molar-refractivity contribution in [2.45, 2.75) is 39.8 Å². The van der Waals surface area contributed by atoms with Crippen LogP contribution in [0, 0.1) is 13.8 Å². The Bertz CT molecular complexity index is 863. The summed E-state index contributed by atoms with van der Waals surface area (Å²) in [4.78, 5) is 14.8. The number of aromatic nitrogens is 2. The zero-order valence-electron chi connectivity index (χ0n) is 16.0. The highest BCUT2D eigenvalue weighted by Gasteiger charge is 2.06. The predicted octanol–water partition coefficient (Wildman–Crippen LogP) is 3.87. The first kappa shape index (κ1) is 19.5. The standard InChI is InChI=1S/C20H25N5S2/c1-14-15(2)27-19(24-14)12-23-20(21-3)22-11-17-13-26-18(25-17)10-9-16-7-5-4-6-8-16/h4-8,13H,9-12H2,1-3H3,(H2,21,22,23). The van der Waals surface area contributed by atoms with Gasteiger partial charge in [-0.15, -0.1) is 22.7 Å². The quantitative estimate of drug-likeness (QED) is 0.468. The third-order valence-corrected chi connectivity index (χ3v) is 6.24. The summed E-state index contributed by atoms with van der Waals surface area (Å²) in [5.41, 5.74) is 3.50. The minimum Gasteiger partial charge on any atom is -0.351 e. The molecule has 0 atom stereocenters. The van der Waals surface area contributed by atoms with Crippen LogP contribution in [0.4, 0.5) is 0 Å².